The van der Waals surface area contributed by atoms with E-state index in [4.69, 9.17) is 9.63 Å². The molecule has 0 saturated carbocycles. The normalized spacial score (nSPS) is 10.5. The highest BCUT2D eigenvalue weighted by atomic mass is 79.9. The van der Waals surface area contributed by atoms with Gasteiger partial charge in [-0.1, -0.05) is 5.16 Å². The van der Waals surface area contributed by atoms with Crippen molar-refractivity contribution < 1.29 is 14.4 Å². The van der Waals surface area contributed by atoms with Crippen LogP contribution in [0.1, 0.15) is 10.4 Å². The molecule has 0 atom stereocenters. The minimum Gasteiger partial charge on any atom is -0.478 e. The van der Waals surface area contributed by atoms with Crippen molar-refractivity contribution in [2.24, 2.45) is 0 Å². The van der Waals surface area contributed by atoms with Crippen LogP contribution in [0.4, 0.5) is 0 Å². The summed E-state index contributed by atoms with van der Waals surface area (Å²) in [6.45, 7) is 0. The predicted molar refractivity (Wildman–Crippen MR) is 48.7 cm³/mol. The third-order valence-corrected chi connectivity index (χ3v) is 2.33. The molecule has 0 aliphatic heterocycles. The number of rotatable bonds is 1. The van der Waals surface area contributed by atoms with Gasteiger partial charge in [-0.25, -0.2) is 4.79 Å². The molecule has 66 valence electrons. The Morgan fingerprint density at radius 3 is 3.00 bits per heavy atom. The van der Waals surface area contributed by atoms with Crippen LogP contribution in [0.25, 0.3) is 11.0 Å². The first-order chi connectivity index (χ1) is 6.18. The molecule has 0 spiro atoms. The number of benzene rings is 1. The highest BCUT2D eigenvalue weighted by Crippen LogP contribution is 2.24. The highest BCUT2D eigenvalue weighted by Gasteiger charge is 2.11. The third kappa shape index (κ3) is 1.31. The predicted octanol–water partition coefficient (Wildman–Crippen LogP) is 2.29. The standard InChI is InChI=1S/C8H4BrNO3/c9-6-2-7-4(3-10-13-7)1-5(6)8(11)12/h1-3H,(H,11,12). The summed E-state index contributed by atoms with van der Waals surface area (Å²) in [6.07, 6.45) is 1.48. The third-order valence-electron chi connectivity index (χ3n) is 1.67. The van der Waals surface area contributed by atoms with E-state index in [1.165, 1.54) is 12.3 Å². The molecule has 2 aromatic rings. The topological polar surface area (TPSA) is 63.3 Å². The number of halogens is 1. The summed E-state index contributed by atoms with van der Waals surface area (Å²) in [5.74, 6) is -0.977. The molecule has 1 aromatic carbocycles. The number of carboxylic acids is 1. The van der Waals surface area contributed by atoms with Crippen molar-refractivity contribution in [1.29, 1.82) is 0 Å². The van der Waals surface area contributed by atoms with Crippen molar-refractivity contribution in [3.05, 3.63) is 28.4 Å². The Bertz CT molecular complexity index is 477. The van der Waals surface area contributed by atoms with Gasteiger partial charge in [-0.2, -0.15) is 0 Å². The van der Waals surface area contributed by atoms with Crippen LogP contribution in [-0.4, -0.2) is 16.2 Å². The van der Waals surface area contributed by atoms with E-state index in [-0.39, 0.29) is 5.56 Å². The lowest BCUT2D eigenvalue weighted by Crippen LogP contribution is -1.96. The molecule has 1 aromatic heterocycles. The number of hydrogen-bond acceptors (Lipinski definition) is 3. The van der Waals surface area contributed by atoms with E-state index < -0.39 is 5.97 Å². The van der Waals surface area contributed by atoms with Gasteiger partial charge >= 0.3 is 5.97 Å². The summed E-state index contributed by atoms with van der Waals surface area (Å²) in [5, 5.41) is 13.0. The highest BCUT2D eigenvalue weighted by molar-refractivity contribution is 9.10. The van der Waals surface area contributed by atoms with Crippen molar-refractivity contribution in [3.63, 3.8) is 0 Å². The van der Waals surface area contributed by atoms with Crippen LogP contribution in [0.3, 0.4) is 0 Å². The average molecular weight is 242 g/mol. The van der Waals surface area contributed by atoms with Crippen molar-refractivity contribution in [2.75, 3.05) is 0 Å². The smallest absolute Gasteiger partial charge is 0.336 e. The van der Waals surface area contributed by atoms with E-state index >= 15 is 0 Å². The Morgan fingerprint density at radius 1 is 1.54 bits per heavy atom. The van der Waals surface area contributed by atoms with Gasteiger partial charge in [0.15, 0.2) is 5.58 Å². The molecule has 0 unspecified atom stereocenters. The fourth-order valence-electron chi connectivity index (χ4n) is 1.06. The Morgan fingerprint density at radius 2 is 2.31 bits per heavy atom. The molecule has 0 amide bonds. The number of nitrogens with zero attached hydrogens (tertiary/aromatic N) is 1. The van der Waals surface area contributed by atoms with Crippen LogP contribution in [0.5, 0.6) is 0 Å². The van der Waals surface area contributed by atoms with Crippen LogP contribution >= 0.6 is 15.9 Å². The largest absolute Gasteiger partial charge is 0.478 e. The van der Waals surface area contributed by atoms with Crippen molar-refractivity contribution in [3.8, 4) is 0 Å². The van der Waals surface area contributed by atoms with Crippen LogP contribution in [0.15, 0.2) is 27.3 Å². The van der Waals surface area contributed by atoms with Gasteiger partial charge < -0.3 is 9.63 Å². The van der Waals surface area contributed by atoms with Gasteiger partial charge in [0.25, 0.3) is 0 Å². The molecular weight excluding hydrogens is 238 g/mol. The van der Waals surface area contributed by atoms with Gasteiger partial charge in [0.1, 0.15) is 0 Å². The zero-order valence-electron chi connectivity index (χ0n) is 6.32. The van der Waals surface area contributed by atoms with Crippen molar-refractivity contribution in [1.82, 2.24) is 5.16 Å². The quantitative estimate of drug-likeness (QED) is 0.833. The monoisotopic (exact) mass is 241 g/mol. The lowest BCUT2D eigenvalue weighted by Gasteiger charge is -1.96. The number of carboxylic acid groups (broad SMARTS) is 1. The Hall–Kier alpha value is -1.36. The fraction of sp³-hybridized carbons (Fsp3) is 0. The molecule has 0 aliphatic carbocycles. The van der Waals surface area contributed by atoms with Gasteiger partial charge in [0, 0.05) is 9.86 Å². The van der Waals surface area contributed by atoms with Crippen LogP contribution < -0.4 is 0 Å². The number of aromatic nitrogens is 1. The van der Waals surface area contributed by atoms with E-state index in [1.807, 2.05) is 0 Å². The molecule has 1 N–H and O–H groups in total. The van der Waals surface area contributed by atoms with E-state index in [0.29, 0.717) is 15.4 Å². The molecule has 4 nitrogen and oxygen atoms in total. The second-order valence-corrected chi connectivity index (χ2v) is 3.36. The molecule has 2 rings (SSSR count). The number of hydrogen-bond donors (Lipinski definition) is 1. The first-order valence-corrected chi connectivity index (χ1v) is 4.25. The van der Waals surface area contributed by atoms with Gasteiger partial charge in [-0.05, 0) is 28.1 Å². The van der Waals surface area contributed by atoms with Gasteiger partial charge in [-0.3, -0.25) is 0 Å². The minimum atomic E-state index is -0.977. The Balaban J connectivity index is 2.76. The van der Waals surface area contributed by atoms with E-state index in [9.17, 15) is 4.79 Å². The summed E-state index contributed by atoms with van der Waals surface area (Å²) in [6, 6.07) is 3.10. The molecule has 0 fully saturated rings. The fourth-order valence-corrected chi connectivity index (χ4v) is 1.55. The summed E-state index contributed by atoms with van der Waals surface area (Å²) in [4.78, 5) is 10.7. The molecule has 0 aliphatic rings. The molecule has 0 bridgehead atoms. The van der Waals surface area contributed by atoms with Crippen LogP contribution in [-0.2, 0) is 0 Å². The summed E-state index contributed by atoms with van der Waals surface area (Å²) < 4.78 is 5.35. The summed E-state index contributed by atoms with van der Waals surface area (Å²) in [7, 11) is 0. The maximum absolute atomic E-state index is 10.7. The first kappa shape index (κ1) is 8.25. The zero-order valence-corrected chi connectivity index (χ0v) is 7.91. The van der Waals surface area contributed by atoms with Gasteiger partial charge in [0.05, 0.1) is 11.8 Å². The number of aromatic carboxylic acids is 1. The molecule has 0 radical (unpaired) electrons. The second-order valence-electron chi connectivity index (χ2n) is 2.50. The van der Waals surface area contributed by atoms with Crippen LogP contribution in [0, 0.1) is 0 Å². The number of fused-ring (bicyclic) bond motifs is 1. The summed E-state index contributed by atoms with van der Waals surface area (Å²) in [5.41, 5.74) is 0.771. The van der Waals surface area contributed by atoms with Crippen LogP contribution in [0.2, 0.25) is 0 Å². The molecule has 0 saturated heterocycles. The Labute approximate surface area is 81.3 Å². The molecule has 5 heteroatoms. The first-order valence-electron chi connectivity index (χ1n) is 3.45. The number of carbonyl (C=O) groups is 1. The lowest BCUT2D eigenvalue weighted by molar-refractivity contribution is 0.0696. The van der Waals surface area contributed by atoms with Crippen molar-refractivity contribution in [2.45, 2.75) is 0 Å². The van der Waals surface area contributed by atoms with E-state index in [2.05, 4.69) is 21.1 Å². The van der Waals surface area contributed by atoms with Crippen molar-refractivity contribution >= 4 is 32.9 Å². The average Bonchev–Trinajstić information content (AvgIpc) is 2.48. The molecular formula is C8H4BrNO3. The maximum atomic E-state index is 10.7. The lowest BCUT2D eigenvalue weighted by atomic mass is 10.2. The molecule has 13 heavy (non-hydrogen) atoms. The second kappa shape index (κ2) is 2.85. The summed E-state index contributed by atoms with van der Waals surface area (Å²) >= 11 is 3.13. The molecule has 1 heterocycles. The SMILES string of the molecule is O=C(O)c1cc2cnoc2cc1Br. The minimum absolute atomic E-state index is 0.204. The maximum Gasteiger partial charge on any atom is 0.336 e. The van der Waals surface area contributed by atoms with Gasteiger partial charge in [-0.15, -0.1) is 0 Å². The van der Waals surface area contributed by atoms with Gasteiger partial charge in [0.2, 0.25) is 0 Å². The van der Waals surface area contributed by atoms with E-state index in [0.717, 1.165) is 0 Å². The Kier molecular flexibility index (Phi) is 1.81. The van der Waals surface area contributed by atoms with E-state index in [1.54, 1.807) is 6.07 Å². The zero-order chi connectivity index (χ0) is 9.42.